The van der Waals surface area contributed by atoms with Gasteiger partial charge in [-0.3, -0.25) is 4.79 Å². The highest BCUT2D eigenvalue weighted by molar-refractivity contribution is 9.10. The first kappa shape index (κ1) is 19.2. The van der Waals surface area contributed by atoms with Crippen LogP contribution in [0.3, 0.4) is 0 Å². The average Bonchev–Trinajstić information content (AvgIpc) is 3.15. The quantitative estimate of drug-likeness (QED) is 0.567. The summed E-state index contributed by atoms with van der Waals surface area (Å²) in [6.45, 7) is 0. The first-order chi connectivity index (χ1) is 13.6. The molecule has 1 fully saturated rings. The van der Waals surface area contributed by atoms with Crippen molar-refractivity contribution in [1.29, 1.82) is 0 Å². The van der Waals surface area contributed by atoms with Gasteiger partial charge in [0, 0.05) is 21.1 Å². The van der Waals surface area contributed by atoms with Gasteiger partial charge < -0.3 is 5.32 Å². The van der Waals surface area contributed by atoms with E-state index in [9.17, 15) is 4.79 Å². The molecule has 7 heteroatoms. The van der Waals surface area contributed by atoms with E-state index in [-0.39, 0.29) is 17.8 Å². The summed E-state index contributed by atoms with van der Waals surface area (Å²) in [4.78, 5) is 17.3. The summed E-state index contributed by atoms with van der Waals surface area (Å²) in [6, 6.07) is 15.3. The summed E-state index contributed by atoms with van der Waals surface area (Å²) in [5.74, 6) is 0.569. The lowest BCUT2D eigenvalue weighted by molar-refractivity contribution is 0.0917. The van der Waals surface area contributed by atoms with Crippen molar-refractivity contribution in [3.63, 3.8) is 0 Å². The first-order valence-electron chi connectivity index (χ1n) is 9.40. The number of nitrogens with one attached hydrogen (secondary N) is 1. The zero-order valence-electron chi connectivity index (χ0n) is 15.2. The van der Waals surface area contributed by atoms with Gasteiger partial charge in [0.2, 0.25) is 5.82 Å². The molecule has 0 spiro atoms. The lowest BCUT2D eigenvalue weighted by Gasteiger charge is -2.21. The predicted octanol–water partition coefficient (Wildman–Crippen LogP) is 5.41. The molecule has 144 valence electrons. The van der Waals surface area contributed by atoms with E-state index >= 15 is 0 Å². The van der Waals surface area contributed by atoms with Crippen molar-refractivity contribution in [3.05, 3.63) is 63.9 Å². The monoisotopic (exact) mass is 458 g/mol. The zero-order valence-corrected chi connectivity index (χ0v) is 17.6. The molecule has 0 radical (unpaired) electrons. The molecule has 1 heterocycles. The third-order valence-corrected chi connectivity index (χ3v) is 5.70. The number of carbonyl (C=O) groups excluding carboxylic acids is 1. The molecule has 1 saturated carbocycles. The first-order valence-corrected chi connectivity index (χ1v) is 10.6. The Hall–Kier alpha value is -2.18. The summed E-state index contributed by atoms with van der Waals surface area (Å²) in [5.41, 5.74) is 1.67. The molecule has 4 rings (SSSR count). The Balaban J connectivity index is 1.69. The third-order valence-electron chi connectivity index (χ3n) is 4.92. The second-order valence-electron chi connectivity index (χ2n) is 6.96. The van der Waals surface area contributed by atoms with Crippen LogP contribution in [0.5, 0.6) is 0 Å². The van der Waals surface area contributed by atoms with Crippen molar-refractivity contribution in [3.8, 4) is 17.1 Å². The van der Waals surface area contributed by atoms with Gasteiger partial charge in [-0.2, -0.15) is 0 Å². The molecule has 1 amide bonds. The maximum Gasteiger partial charge on any atom is 0.291 e. The highest BCUT2D eigenvalue weighted by Crippen LogP contribution is 2.24. The SMILES string of the molecule is O=C(NC1CCCCC1)c1nc(-c2ccc(Br)cc2)n(-c2ccc(Cl)cc2)n1. The van der Waals surface area contributed by atoms with Gasteiger partial charge in [0.05, 0.1) is 5.69 Å². The number of benzene rings is 2. The summed E-state index contributed by atoms with van der Waals surface area (Å²) < 4.78 is 2.67. The summed E-state index contributed by atoms with van der Waals surface area (Å²) in [7, 11) is 0. The molecule has 28 heavy (non-hydrogen) atoms. The summed E-state index contributed by atoms with van der Waals surface area (Å²) in [6.07, 6.45) is 5.58. The molecular formula is C21H20BrClN4O. The van der Waals surface area contributed by atoms with Crippen molar-refractivity contribution >= 4 is 33.4 Å². The Morgan fingerprint density at radius 1 is 1.04 bits per heavy atom. The van der Waals surface area contributed by atoms with E-state index in [0.29, 0.717) is 10.8 Å². The minimum atomic E-state index is -0.224. The number of nitrogens with zero attached hydrogens (tertiary/aromatic N) is 3. The van der Waals surface area contributed by atoms with Gasteiger partial charge in [0.1, 0.15) is 0 Å². The Kier molecular flexibility index (Phi) is 5.78. The van der Waals surface area contributed by atoms with Crippen LogP contribution in [0.25, 0.3) is 17.1 Å². The number of hydrogen-bond acceptors (Lipinski definition) is 3. The maximum absolute atomic E-state index is 12.8. The van der Waals surface area contributed by atoms with Crippen molar-refractivity contribution in [2.75, 3.05) is 0 Å². The van der Waals surface area contributed by atoms with Crippen molar-refractivity contribution in [2.45, 2.75) is 38.1 Å². The van der Waals surface area contributed by atoms with E-state index in [0.717, 1.165) is 41.4 Å². The molecular weight excluding hydrogens is 440 g/mol. The van der Waals surface area contributed by atoms with Crippen LogP contribution in [-0.2, 0) is 0 Å². The van der Waals surface area contributed by atoms with Crippen LogP contribution in [0.1, 0.15) is 42.7 Å². The van der Waals surface area contributed by atoms with Gasteiger partial charge in [0.25, 0.3) is 5.91 Å². The van der Waals surface area contributed by atoms with Crippen molar-refractivity contribution in [2.24, 2.45) is 0 Å². The minimum Gasteiger partial charge on any atom is -0.347 e. The van der Waals surface area contributed by atoms with Crippen LogP contribution in [0.15, 0.2) is 53.0 Å². The van der Waals surface area contributed by atoms with E-state index in [1.54, 1.807) is 16.8 Å². The highest BCUT2D eigenvalue weighted by Gasteiger charge is 2.22. The van der Waals surface area contributed by atoms with Crippen LogP contribution in [-0.4, -0.2) is 26.7 Å². The lowest BCUT2D eigenvalue weighted by Crippen LogP contribution is -2.36. The number of halogens is 2. The van der Waals surface area contributed by atoms with Gasteiger partial charge in [0.15, 0.2) is 5.82 Å². The van der Waals surface area contributed by atoms with Crippen LogP contribution >= 0.6 is 27.5 Å². The molecule has 5 nitrogen and oxygen atoms in total. The molecule has 1 aromatic heterocycles. The largest absolute Gasteiger partial charge is 0.347 e. The van der Waals surface area contributed by atoms with E-state index in [1.807, 2.05) is 36.4 Å². The van der Waals surface area contributed by atoms with Gasteiger partial charge in [-0.25, -0.2) is 9.67 Å². The second-order valence-corrected chi connectivity index (χ2v) is 8.31. The molecule has 1 aliphatic carbocycles. The lowest BCUT2D eigenvalue weighted by atomic mass is 9.95. The van der Waals surface area contributed by atoms with E-state index in [2.05, 4.69) is 31.3 Å². The Morgan fingerprint density at radius 3 is 2.39 bits per heavy atom. The number of carbonyl (C=O) groups is 1. The van der Waals surface area contributed by atoms with E-state index < -0.39 is 0 Å². The minimum absolute atomic E-state index is 0.179. The fourth-order valence-corrected chi connectivity index (χ4v) is 3.84. The highest BCUT2D eigenvalue weighted by atomic mass is 79.9. The Labute approximate surface area is 177 Å². The van der Waals surface area contributed by atoms with Gasteiger partial charge in [-0.1, -0.05) is 58.9 Å². The molecule has 0 unspecified atom stereocenters. The summed E-state index contributed by atoms with van der Waals surface area (Å²) >= 11 is 9.47. The van der Waals surface area contributed by atoms with Gasteiger partial charge in [-0.05, 0) is 49.2 Å². The molecule has 1 aliphatic rings. The topological polar surface area (TPSA) is 59.8 Å². The molecule has 1 N–H and O–H groups in total. The molecule has 0 atom stereocenters. The molecule has 2 aromatic carbocycles. The number of hydrogen-bond donors (Lipinski definition) is 1. The van der Waals surface area contributed by atoms with Crippen molar-refractivity contribution in [1.82, 2.24) is 20.1 Å². The molecule has 3 aromatic rings. The fourth-order valence-electron chi connectivity index (χ4n) is 3.45. The van der Waals surface area contributed by atoms with E-state index in [4.69, 9.17) is 11.6 Å². The van der Waals surface area contributed by atoms with E-state index in [1.165, 1.54) is 6.42 Å². The van der Waals surface area contributed by atoms with Crippen LogP contribution in [0.2, 0.25) is 5.02 Å². The Bertz CT molecular complexity index is 900. The maximum atomic E-state index is 12.8. The second kappa shape index (κ2) is 8.45. The fraction of sp³-hybridized carbons (Fsp3) is 0.286. The number of aromatic nitrogens is 3. The third kappa shape index (κ3) is 4.28. The van der Waals surface area contributed by atoms with Crippen LogP contribution in [0, 0.1) is 0 Å². The standard InChI is InChI=1S/C21H20BrClN4O/c22-15-8-6-14(7-9-15)20-25-19(21(28)24-17-4-2-1-3-5-17)26-27(20)18-12-10-16(23)11-13-18/h6-13,17H,1-5H2,(H,24,28). The normalized spacial score (nSPS) is 14.8. The van der Waals surface area contributed by atoms with Gasteiger partial charge in [-0.15, -0.1) is 5.10 Å². The predicted molar refractivity (Wildman–Crippen MR) is 114 cm³/mol. The van der Waals surface area contributed by atoms with Crippen molar-refractivity contribution < 1.29 is 4.79 Å². The average molecular weight is 460 g/mol. The molecule has 0 bridgehead atoms. The van der Waals surface area contributed by atoms with Gasteiger partial charge >= 0.3 is 0 Å². The Morgan fingerprint density at radius 2 is 1.71 bits per heavy atom. The molecule has 0 saturated heterocycles. The van der Waals surface area contributed by atoms with Crippen LogP contribution in [0.4, 0.5) is 0 Å². The van der Waals surface area contributed by atoms with Crippen LogP contribution < -0.4 is 5.32 Å². The number of amides is 1. The number of rotatable bonds is 4. The smallest absolute Gasteiger partial charge is 0.291 e. The summed E-state index contributed by atoms with van der Waals surface area (Å²) in [5, 5.41) is 8.25. The zero-order chi connectivity index (χ0) is 19.5. The molecule has 0 aliphatic heterocycles.